The van der Waals surface area contributed by atoms with Gasteiger partial charge in [-0.15, -0.1) is 0 Å². The molecule has 3 aromatic carbocycles. The van der Waals surface area contributed by atoms with Gasteiger partial charge in [0.05, 0.1) is 11.3 Å². The normalized spacial score (nSPS) is 12.7. The zero-order chi connectivity index (χ0) is 22.0. The van der Waals surface area contributed by atoms with Gasteiger partial charge in [0.2, 0.25) is 5.89 Å². The maximum atomic E-state index is 13.4. The number of benzene rings is 3. The Hall–Kier alpha value is -3.25. The Bertz CT molecular complexity index is 1300. The van der Waals surface area contributed by atoms with E-state index < -0.39 is 15.8 Å². The summed E-state index contributed by atoms with van der Waals surface area (Å²) in [6, 6.07) is 21.9. The quantitative estimate of drug-likeness (QED) is 0.423. The molecule has 0 saturated heterocycles. The van der Waals surface area contributed by atoms with Crippen molar-refractivity contribution in [3.8, 4) is 0 Å². The van der Waals surface area contributed by atoms with E-state index in [1.54, 1.807) is 24.3 Å². The number of ketones is 1. The van der Waals surface area contributed by atoms with Crippen molar-refractivity contribution in [1.29, 1.82) is 0 Å². The fourth-order valence-electron chi connectivity index (χ4n) is 3.69. The molecule has 31 heavy (non-hydrogen) atoms. The summed E-state index contributed by atoms with van der Waals surface area (Å²) in [5.74, 6) is -0.0830. The minimum absolute atomic E-state index is 0.0260. The van der Waals surface area contributed by atoms with Gasteiger partial charge in [-0.2, -0.15) is 0 Å². The molecular formula is C25H23NO4S. The molecule has 158 valence electrons. The SMILES string of the molecule is Cc1ccccc1CC(C(=O)Cc1nc2ccccc2o1)c1ccc(S(C)(=O)=O)cc1. The first-order valence-electron chi connectivity index (χ1n) is 10.0. The molecule has 1 atom stereocenters. The molecule has 4 aromatic rings. The lowest BCUT2D eigenvalue weighted by atomic mass is 9.86. The number of carbonyl (C=O) groups excluding carboxylic acids is 1. The van der Waals surface area contributed by atoms with Crippen LogP contribution in [0.15, 0.2) is 82.1 Å². The molecule has 0 radical (unpaired) electrons. The summed E-state index contributed by atoms with van der Waals surface area (Å²) in [5, 5.41) is 0. The summed E-state index contributed by atoms with van der Waals surface area (Å²) in [6.07, 6.45) is 1.76. The van der Waals surface area contributed by atoms with Gasteiger partial charge in [0.15, 0.2) is 15.4 Å². The van der Waals surface area contributed by atoms with Gasteiger partial charge in [-0.05, 0) is 54.3 Å². The van der Waals surface area contributed by atoms with Crippen LogP contribution < -0.4 is 0 Å². The van der Waals surface area contributed by atoms with Crippen molar-refractivity contribution in [1.82, 2.24) is 4.98 Å². The van der Waals surface area contributed by atoms with E-state index in [0.717, 1.165) is 22.2 Å². The third kappa shape index (κ3) is 4.75. The molecule has 1 aromatic heterocycles. The van der Waals surface area contributed by atoms with Crippen LogP contribution in [0.5, 0.6) is 0 Å². The molecule has 0 bridgehead atoms. The molecule has 5 nitrogen and oxygen atoms in total. The van der Waals surface area contributed by atoms with Crippen LogP contribution in [0.1, 0.15) is 28.5 Å². The van der Waals surface area contributed by atoms with Crippen LogP contribution >= 0.6 is 0 Å². The van der Waals surface area contributed by atoms with Crippen LogP contribution in [0.25, 0.3) is 11.1 Å². The lowest BCUT2D eigenvalue weighted by Crippen LogP contribution is -2.18. The number of aromatic nitrogens is 1. The first-order valence-corrected chi connectivity index (χ1v) is 11.9. The number of carbonyl (C=O) groups is 1. The van der Waals surface area contributed by atoms with Gasteiger partial charge in [-0.3, -0.25) is 4.79 Å². The fraction of sp³-hybridized carbons (Fsp3) is 0.200. The first-order chi connectivity index (χ1) is 14.8. The Kier molecular flexibility index (Phi) is 5.74. The third-order valence-electron chi connectivity index (χ3n) is 5.45. The van der Waals surface area contributed by atoms with Crippen molar-refractivity contribution in [3.05, 3.63) is 95.4 Å². The average Bonchev–Trinajstić information content (AvgIpc) is 3.15. The number of hydrogen-bond acceptors (Lipinski definition) is 5. The third-order valence-corrected chi connectivity index (χ3v) is 6.58. The molecule has 0 aliphatic carbocycles. The molecule has 6 heteroatoms. The van der Waals surface area contributed by atoms with E-state index in [9.17, 15) is 13.2 Å². The fourth-order valence-corrected chi connectivity index (χ4v) is 4.32. The van der Waals surface area contributed by atoms with Crippen molar-refractivity contribution in [2.75, 3.05) is 6.26 Å². The minimum Gasteiger partial charge on any atom is -0.440 e. The topological polar surface area (TPSA) is 77.2 Å². The smallest absolute Gasteiger partial charge is 0.202 e. The summed E-state index contributed by atoms with van der Waals surface area (Å²) in [5.41, 5.74) is 4.33. The molecule has 0 saturated carbocycles. The van der Waals surface area contributed by atoms with Crippen molar-refractivity contribution in [2.24, 2.45) is 0 Å². The Balaban J connectivity index is 1.67. The molecule has 0 amide bonds. The van der Waals surface area contributed by atoms with Gasteiger partial charge in [0.1, 0.15) is 11.3 Å². The van der Waals surface area contributed by atoms with E-state index in [1.165, 1.54) is 6.26 Å². The standard InChI is InChI=1S/C25H23NO4S/c1-17-7-3-4-8-19(17)15-21(18-11-13-20(14-12-18)31(2,28)29)23(27)16-25-26-22-9-5-6-10-24(22)30-25/h3-14,21H,15-16H2,1-2H3. The van der Waals surface area contributed by atoms with Gasteiger partial charge >= 0.3 is 0 Å². The summed E-state index contributed by atoms with van der Waals surface area (Å²) >= 11 is 0. The number of hydrogen-bond donors (Lipinski definition) is 0. The van der Waals surface area contributed by atoms with Crippen molar-refractivity contribution in [3.63, 3.8) is 0 Å². The lowest BCUT2D eigenvalue weighted by Gasteiger charge is -2.17. The number of Topliss-reactive ketones (excluding diaryl/α,β-unsaturated/α-hetero) is 1. The van der Waals surface area contributed by atoms with Crippen LogP contribution in [0.4, 0.5) is 0 Å². The van der Waals surface area contributed by atoms with Crippen molar-refractivity contribution < 1.29 is 17.6 Å². The molecule has 0 spiro atoms. The number of rotatable bonds is 7. The molecule has 0 N–H and O–H groups in total. The molecule has 1 heterocycles. The molecule has 1 unspecified atom stereocenters. The van der Waals surface area contributed by atoms with E-state index in [1.807, 2.05) is 55.5 Å². The number of sulfone groups is 1. The molecular weight excluding hydrogens is 410 g/mol. The first kappa shape index (κ1) is 21.0. The molecule has 0 aliphatic rings. The Morgan fingerprint density at radius 3 is 2.32 bits per heavy atom. The molecule has 0 fully saturated rings. The predicted octanol–water partition coefficient (Wildman–Crippen LogP) is 4.68. The number of nitrogens with zero attached hydrogens (tertiary/aromatic N) is 1. The van der Waals surface area contributed by atoms with Crippen LogP contribution in [0, 0.1) is 6.92 Å². The second-order valence-electron chi connectivity index (χ2n) is 7.74. The average molecular weight is 434 g/mol. The second-order valence-corrected chi connectivity index (χ2v) is 9.76. The summed E-state index contributed by atoms with van der Waals surface area (Å²) in [6.45, 7) is 2.02. The van der Waals surface area contributed by atoms with E-state index >= 15 is 0 Å². The number of oxazole rings is 1. The highest BCUT2D eigenvalue weighted by atomic mass is 32.2. The van der Waals surface area contributed by atoms with Crippen LogP contribution in [0.2, 0.25) is 0 Å². The maximum Gasteiger partial charge on any atom is 0.202 e. The Morgan fingerprint density at radius 1 is 0.968 bits per heavy atom. The van der Waals surface area contributed by atoms with Gasteiger partial charge < -0.3 is 4.42 Å². The van der Waals surface area contributed by atoms with Gasteiger partial charge in [0, 0.05) is 12.2 Å². The van der Waals surface area contributed by atoms with E-state index in [2.05, 4.69) is 4.98 Å². The number of aryl methyl sites for hydroxylation is 1. The van der Waals surface area contributed by atoms with Crippen LogP contribution in [-0.2, 0) is 27.5 Å². The van der Waals surface area contributed by atoms with Crippen LogP contribution in [0.3, 0.4) is 0 Å². The number of fused-ring (bicyclic) bond motifs is 1. The van der Waals surface area contributed by atoms with E-state index in [4.69, 9.17) is 4.42 Å². The van der Waals surface area contributed by atoms with Crippen LogP contribution in [-0.4, -0.2) is 25.4 Å². The highest BCUT2D eigenvalue weighted by molar-refractivity contribution is 7.90. The Labute approximate surface area is 181 Å². The molecule has 4 rings (SSSR count). The summed E-state index contributed by atoms with van der Waals surface area (Å²) in [4.78, 5) is 18.0. The Morgan fingerprint density at radius 2 is 1.65 bits per heavy atom. The zero-order valence-corrected chi connectivity index (χ0v) is 18.2. The highest BCUT2D eigenvalue weighted by Gasteiger charge is 2.24. The van der Waals surface area contributed by atoms with Gasteiger partial charge in [0.25, 0.3) is 0 Å². The molecule has 0 aliphatic heterocycles. The van der Waals surface area contributed by atoms with E-state index in [0.29, 0.717) is 17.9 Å². The van der Waals surface area contributed by atoms with Crippen molar-refractivity contribution >= 4 is 26.7 Å². The number of para-hydroxylation sites is 2. The monoisotopic (exact) mass is 433 g/mol. The highest BCUT2D eigenvalue weighted by Crippen LogP contribution is 2.27. The van der Waals surface area contributed by atoms with Gasteiger partial charge in [-0.1, -0.05) is 48.5 Å². The predicted molar refractivity (Wildman–Crippen MR) is 120 cm³/mol. The van der Waals surface area contributed by atoms with Crippen molar-refractivity contribution in [2.45, 2.75) is 30.6 Å². The summed E-state index contributed by atoms with van der Waals surface area (Å²) < 4.78 is 29.4. The maximum absolute atomic E-state index is 13.4. The van der Waals surface area contributed by atoms with Gasteiger partial charge in [-0.25, -0.2) is 13.4 Å². The largest absolute Gasteiger partial charge is 0.440 e. The minimum atomic E-state index is -3.30. The van der Waals surface area contributed by atoms with E-state index in [-0.39, 0.29) is 17.1 Å². The zero-order valence-electron chi connectivity index (χ0n) is 17.4. The summed E-state index contributed by atoms with van der Waals surface area (Å²) in [7, 11) is -3.30. The second kappa shape index (κ2) is 8.47. The lowest BCUT2D eigenvalue weighted by molar-refractivity contribution is -0.120.